The lowest BCUT2D eigenvalue weighted by Crippen LogP contribution is -2.09. The summed E-state index contributed by atoms with van der Waals surface area (Å²) in [5.41, 5.74) is 3.07. The van der Waals surface area contributed by atoms with E-state index in [1.807, 2.05) is 18.2 Å². The summed E-state index contributed by atoms with van der Waals surface area (Å²) in [7, 11) is 0. The van der Waals surface area contributed by atoms with E-state index >= 15 is 0 Å². The number of fused-ring (bicyclic) bond motifs is 1. The van der Waals surface area contributed by atoms with E-state index < -0.39 is 5.82 Å². The summed E-state index contributed by atoms with van der Waals surface area (Å²) in [4.78, 5) is 11.1. The lowest BCUT2D eigenvalue weighted by atomic mass is 9.95. The minimum Gasteiger partial charge on any atom is -0.493 e. The lowest BCUT2D eigenvalue weighted by molar-refractivity contribution is 0.112. The molecule has 0 amide bonds. The fraction of sp³-hybridized carbons (Fsp3) is 0.188. The Morgan fingerprint density at radius 1 is 1.16 bits per heavy atom. The first-order valence-electron chi connectivity index (χ1n) is 6.29. The van der Waals surface area contributed by atoms with Crippen LogP contribution in [0.2, 0.25) is 0 Å². The Bertz CT molecular complexity index is 635. The van der Waals surface area contributed by atoms with Gasteiger partial charge in [0.15, 0.2) is 6.29 Å². The van der Waals surface area contributed by atoms with Gasteiger partial charge in [-0.15, -0.1) is 0 Å². The summed E-state index contributed by atoms with van der Waals surface area (Å²) in [5.74, 6) is 0.417. The number of benzene rings is 2. The molecule has 1 aliphatic heterocycles. The van der Waals surface area contributed by atoms with Crippen molar-refractivity contribution >= 4 is 6.29 Å². The van der Waals surface area contributed by atoms with Crippen molar-refractivity contribution in [2.75, 3.05) is 6.61 Å². The molecule has 0 aromatic heterocycles. The van der Waals surface area contributed by atoms with Crippen LogP contribution in [0.25, 0.3) is 11.1 Å². The molecule has 2 nitrogen and oxygen atoms in total. The maximum atomic E-state index is 13.2. The molecule has 0 aliphatic carbocycles. The third-order valence-corrected chi connectivity index (χ3v) is 3.36. The first kappa shape index (κ1) is 11.9. The molecule has 1 heterocycles. The molecule has 0 radical (unpaired) electrons. The van der Waals surface area contributed by atoms with Crippen molar-refractivity contribution in [2.24, 2.45) is 0 Å². The van der Waals surface area contributed by atoms with Crippen molar-refractivity contribution in [1.29, 1.82) is 0 Å². The van der Waals surface area contributed by atoms with Crippen LogP contribution in [0.3, 0.4) is 0 Å². The Balaban J connectivity index is 2.20. The number of carbonyl (C=O) groups is 1. The third-order valence-electron chi connectivity index (χ3n) is 3.36. The van der Waals surface area contributed by atoms with E-state index in [9.17, 15) is 9.18 Å². The van der Waals surface area contributed by atoms with Gasteiger partial charge in [-0.25, -0.2) is 4.39 Å². The smallest absolute Gasteiger partial charge is 0.150 e. The van der Waals surface area contributed by atoms with Crippen molar-refractivity contribution < 1.29 is 13.9 Å². The van der Waals surface area contributed by atoms with Gasteiger partial charge >= 0.3 is 0 Å². The van der Waals surface area contributed by atoms with E-state index in [2.05, 4.69) is 0 Å². The largest absolute Gasteiger partial charge is 0.493 e. The molecule has 1 aliphatic rings. The molecule has 2 aromatic carbocycles. The zero-order chi connectivity index (χ0) is 13.2. The second kappa shape index (κ2) is 4.84. The summed E-state index contributed by atoms with van der Waals surface area (Å²) in [6.45, 7) is 0.682. The number of hydrogen-bond donors (Lipinski definition) is 0. The lowest BCUT2D eigenvalue weighted by Gasteiger charge is -2.21. The minimum absolute atomic E-state index is 0.350. The zero-order valence-electron chi connectivity index (χ0n) is 10.4. The van der Waals surface area contributed by atoms with E-state index in [-0.39, 0.29) is 0 Å². The van der Waals surface area contributed by atoms with Crippen LogP contribution in [0.4, 0.5) is 4.39 Å². The molecule has 3 heteroatoms. The van der Waals surface area contributed by atoms with Crippen LogP contribution in [0.5, 0.6) is 5.75 Å². The zero-order valence-corrected chi connectivity index (χ0v) is 10.4. The number of aryl methyl sites for hydroxylation is 1. The Labute approximate surface area is 110 Å². The summed E-state index contributed by atoms with van der Waals surface area (Å²) < 4.78 is 18.9. The van der Waals surface area contributed by atoms with Crippen LogP contribution >= 0.6 is 0 Å². The number of carbonyl (C=O) groups excluding carboxylic acids is 1. The van der Waals surface area contributed by atoms with Crippen molar-refractivity contribution in [3.05, 3.63) is 53.3 Å². The monoisotopic (exact) mass is 256 g/mol. The fourth-order valence-corrected chi connectivity index (χ4v) is 2.48. The van der Waals surface area contributed by atoms with Gasteiger partial charge in [0.25, 0.3) is 0 Å². The van der Waals surface area contributed by atoms with E-state index in [4.69, 9.17) is 4.74 Å². The SMILES string of the molecule is O=Cc1cc(F)ccc1-c1cccc2c1OCCC2. The van der Waals surface area contributed by atoms with Gasteiger partial charge < -0.3 is 4.74 Å². The highest BCUT2D eigenvalue weighted by Crippen LogP contribution is 2.37. The topological polar surface area (TPSA) is 26.3 Å². The second-order valence-corrected chi connectivity index (χ2v) is 4.60. The van der Waals surface area contributed by atoms with Crippen LogP contribution in [-0.4, -0.2) is 12.9 Å². The van der Waals surface area contributed by atoms with Gasteiger partial charge in [0.1, 0.15) is 11.6 Å². The van der Waals surface area contributed by atoms with Gasteiger partial charge in [-0.1, -0.05) is 24.3 Å². The van der Waals surface area contributed by atoms with Gasteiger partial charge in [-0.05, 0) is 36.1 Å². The van der Waals surface area contributed by atoms with Crippen LogP contribution < -0.4 is 4.74 Å². The standard InChI is InChI=1S/C16H13FO2/c17-13-6-7-14(12(9-13)10-18)15-5-1-3-11-4-2-8-19-16(11)15/h1,3,5-7,9-10H,2,4,8H2. The Hall–Kier alpha value is -2.16. The molecular formula is C16H13FO2. The van der Waals surface area contributed by atoms with Gasteiger partial charge in [-0.2, -0.15) is 0 Å². The van der Waals surface area contributed by atoms with Crippen LogP contribution in [0, 0.1) is 5.82 Å². The molecule has 96 valence electrons. The van der Waals surface area contributed by atoms with Gasteiger partial charge in [-0.3, -0.25) is 4.79 Å². The van der Waals surface area contributed by atoms with Crippen molar-refractivity contribution in [3.8, 4) is 16.9 Å². The fourth-order valence-electron chi connectivity index (χ4n) is 2.48. The molecule has 3 rings (SSSR count). The molecule has 0 fully saturated rings. The molecular weight excluding hydrogens is 243 g/mol. The normalized spacial score (nSPS) is 13.5. The number of halogens is 1. The number of ether oxygens (including phenoxy) is 1. The summed E-state index contributed by atoms with van der Waals surface area (Å²) >= 11 is 0. The first-order chi connectivity index (χ1) is 9.29. The van der Waals surface area contributed by atoms with Crippen LogP contribution in [0.15, 0.2) is 36.4 Å². The Morgan fingerprint density at radius 2 is 2.05 bits per heavy atom. The molecule has 0 saturated heterocycles. The average Bonchev–Trinajstić information content (AvgIpc) is 2.46. The van der Waals surface area contributed by atoms with Gasteiger partial charge in [0, 0.05) is 11.1 Å². The first-order valence-corrected chi connectivity index (χ1v) is 6.29. The van der Waals surface area contributed by atoms with E-state index in [0.717, 1.165) is 35.3 Å². The van der Waals surface area contributed by atoms with E-state index in [1.165, 1.54) is 12.1 Å². The molecule has 0 saturated carbocycles. The van der Waals surface area contributed by atoms with Crippen LogP contribution in [0.1, 0.15) is 22.3 Å². The van der Waals surface area contributed by atoms with Gasteiger partial charge in [0.2, 0.25) is 0 Å². The minimum atomic E-state index is -0.406. The molecule has 0 spiro atoms. The highest BCUT2D eigenvalue weighted by Gasteiger charge is 2.17. The molecule has 0 bridgehead atoms. The summed E-state index contributed by atoms with van der Waals surface area (Å²) in [6.07, 6.45) is 2.65. The highest BCUT2D eigenvalue weighted by molar-refractivity contribution is 5.89. The molecule has 0 atom stereocenters. The predicted octanol–water partition coefficient (Wildman–Crippen LogP) is 3.63. The van der Waals surface area contributed by atoms with Crippen molar-refractivity contribution in [2.45, 2.75) is 12.8 Å². The predicted molar refractivity (Wildman–Crippen MR) is 71.0 cm³/mol. The van der Waals surface area contributed by atoms with Crippen LogP contribution in [-0.2, 0) is 6.42 Å². The summed E-state index contributed by atoms with van der Waals surface area (Å²) in [6, 6.07) is 10.1. The summed E-state index contributed by atoms with van der Waals surface area (Å²) in [5, 5.41) is 0. The quantitative estimate of drug-likeness (QED) is 0.767. The van der Waals surface area contributed by atoms with E-state index in [0.29, 0.717) is 18.5 Å². The second-order valence-electron chi connectivity index (χ2n) is 4.60. The average molecular weight is 256 g/mol. The number of para-hydroxylation sites is 1. The number of hydrogen-bond acceptors (Lipinski definition) is 2. The van der Waals surface area contributed by atoms with Crippen molar-refractivity contribution in [3.63, 3.8) is 0 Å². The maximum absolute atomic E-state index is 13.2. The van der Waals surface area contributed by atoms with Crippen molar-refractivity contribution in [1.82, 2.24) is 0 Å². The molecule has 0 unspecified atom stereocenters. The Kier molecular flexibility index (Phi) is 3.03. The maximum Gasteiger partial charge on any atom is 0.150 e. The number of aldehydes is 1. The third kappa shape index (κ3) is 2.12. The molecule has 0 N–H and O–H groups in total. The highest BCUT2D eigenvalue weighted by atomic mass is 19.1. The van der Waals surface area contributed by atoms with E-state index in [1.54, 1.807) is 6.07 Å². The molecule has 19 heavy (non-hydrogen) atoms. The molecule has 2 aromatic rings. The van der Waals surface area contributed by atoms with Gasteiger partial charge in [0.05, 0.1) is 6.61 Å². The number of rotatable bonds is 2. The Morgan fingerprint density at radius 3 is 2.89 bits per heavy atom.